The smallest absolute Gasteiger partial charge is 0.261 e. The van der Waals surface area contributed by atoms with E-state index in [4.69, 9.17) is 14.2 Å². The van der Waals surface area contributed by atoms with Crippen LogP contribution in [0.4, 0.5) is 0 Å². The zero-order chi connectivity index (χ0) is 23.5. The van der Waals surface area contributed by atoms with Gasteiger partial charge < -0.3 is 24.4 Å². The Morgan fingerprint density at radius 1 is 0.938 bits per heavy atom. The lowest BCUT2D eigenvalue weighted by molar-refractivity contribution is -0.143. The van der Waals surface area contributed by atoms with Crippen LogP contribution in [-0.2, 0) is 16.1 Å². The van der Waals surface area contributed by atoms with Crippen LogP contribution in [0.15, 0.2) is 48.5 Å². The number of rotatable bonds is 12. The minimum absolute atomic E-state index is 0.0286. The number of carbonyl (C=O) groups is 2. The van der Waals surface area contributed by atoms with Crippen LogP contribution < -0.4 is 19.5 Å². The number of methoxy groups -OCH3 is 2. The molecule has 0 radical (unpaired) electrons. The molecule has 1 N–H and O–H groups in total. The molecule has 7 nitrogen and oxygen atoms in total. The van der Waals surface area contributed by atoms with Gasteiger partial charge in [0.05, 0.1) is 14.2 Å². The van der Waals surface area contributed by atoms with Gasteiger partial charge in [-0.3, -0.25) is 9.59 Å². The van der Waals surface area contributed by atoms with Crippen LogP contribution in [0.2, 0.25) is 0 Å². The van der Waals surface area contributed by atoms with Gasteiger partial charge in [-0.1, -0.05) is 26.0 Å². The van der Waals surface area contributed by atoms with E-state index < -0.39 is 6.04 Å². The van der Waals surface area contributed by atoms with E-state index in [2.05, 4.69) is 5.32 Å². The SMILES string of the molecule is CC[C@@H](C)NC(=O)[C@@H](CC)N(Cc1cccc(OC)c1)C(=O)COc1ccc(OC)cc1. The molecule has 7 heteroatoms. The second-order valence-corrected chi connectivity index (χ2v) is 7.58. The number of hydrogen-bond donors (Lipinski definition) is 1. The summed E-state index contributed by atoms with van der Waals surface area (Å²) in [7, 11) is 3.18. The second-order valence-electron chi connectivity index (χ2n) is 7.58. The number of nitrogens with one attached hydrogen (secondary N) is 1. The molecule has 174 valence electrons. The first-order chi connectivity index (χ1) is 15.4. The Labute approximate surface area is 190 Å². The molecule has 2 atom stereocenters. The van der Waals surface area contributed by atoms with E-state index in [-0.39, 0.29) is 31.0 Å². The van der Waals surface area contributed by atoms with Crippen LogP contribution in [0.25, 0.3) is 0 Å². The Morgan fingerprint density at radius 2 is 1.59 bits per heavy atom. The monoisotopic (exact) mass is 442 g/mol. The van der Waals surface area contributed by atoms with E-state index in [1.54, 1.807) is 43.4 Å². The van der Waals surface area contributed by atoms with Gasteiger partial charge in [-0.2, -0.15) is 0 Å². The maximum absolute atomic E-state index is 13.2. The number of amides is 2. The highest BCUT2D eigenvalue weighted by molar-refractivity contribution is 5.88. The molecular weight excluding hydrogens is 408 g/mol. The highest BCUT2D eigenvalue weighted by atomic mass is 16.5. The number of benzene rings is 2. The summed E-state index contributed by atoms with van der Waals surface area (Å²) in [5, 5.41) is 3.00. The first-order valence-electron chi connectivity index (χ1n) is 10.9. The third kappa shape index (κ3) is 7.18. The lowest BCUT2D eigenvalue weighted by Gasteiger charge is -2.31. The Balaban J connectivity index is 2.21. The van der Waals surface area contributed by atoms with Gasteiger partial charge in [-0.15, -0.1) is 0 Å². The average Bonchev–Trinajstić information content (AvgIpc) is 2.82. The quantitative estimate of drug-likeness (QED) is 0.541. The molecule has 0 saturated carbocycles. The van der Waals surface area contributed by atoms with Crippen molar-refractivity contribution in [2.45, 2.75) is 52.2 Å². The van der Waals surface area contributed by atoms with Crippen molar-refractivity contribution < 1.29 is 23.8 Å². The number of nitrogens with zero attached hydrogens (tertiary/aromatic N) is 1. The molecule has 0 heterocycles. The van der Waals surface area contributed by atoms with E-state index in [9.17, 15) is 9.59 Å². The molecule has 0 fully saturated rings. The maximum atomic E-state index is 13.2. The molecule has 2 aromatic rings. The minimum Gasteiger partial charge on any atom is -0.497 e. The van der Waals surface area contributed by atoms with Crippen molar-refractivity contribution in [2.75, 3.05) is 20.8 Å². The molecule has 0 aliphatic rings. The summed E-state index contributed by atoms with van der Waals surface area (Å²) in [6.45, 7) is 5.95. The standard InChI is InChI=1S/C25H34N2O5/c1-6-18(3)26-25(29)23(7-2)27(16-19-9-8-10-22(15-19)31-5)24(28)17-32-21-13-11-20(30-4)12-14-21/h8-15,18,23H,6-7,16-17H2,1-5H3,(H,26,29)/t18-,23-/m1/s1. The zero-order valence-corrected chi connectivity index (χ0v) is 19.6. The van der Waals surface area contributed by atoms with Crippen LogP contribution in [0.3, 0.4) is 0 Å². The number of hydrogen-bond acceptors (Lipinski definition) is 5. The van der Waals surface area contributed by atoms with Crippen molar-refractivity contribution >= 4 is 11.8 Å². The number of carbonyl (C=O) groups excluding carboxylic acids is 2. The molecule has 0 spiro atoms. The summed E-state index contributed by atoms with van der Waals surface area (Å²) in [6, 6.07) is 13.9. The van der Waals surface area contributed by atoms with Gasteiger partial charge in [0.2, 0.25) is 5.91 Å². The fraction of sp³-hybridized carbons (Fsp3) is 0.440. The van der Waals surface area contributed by atoms with Gasteiger partial charge in [0, 0.05) is 12.6 Å². The molecule has 2 aromatic carbocycles. The molecule has 0 aliphatic heterocycles. The lowest BCUT2D eigenvalue weighted by Crippen LogP contribution is -2.51. The van der Waals surface area contributed by atoms with E-state index in [0.29, 0.717) is 23.7 Å². The van der Waals surface area contributed by atoms with Crippen LogP contribution in [0, 0.1) is 0 Å². The topological polar surface area (TPSA) is 77.1 Å². The normalized spacial score (nSPS) is 12.4. The molecule has 0 aliphatic carbocycles. The first kappa shape index (κ1) is 25.0. The lowest BCUT2D eigenvalue weighted by atomic mass is 10.1. The van der Waals surface area contributed by atoms with Crippen molar-refractivity contribution in [1.29, 1.82) is 0 Å². The van der Waals surface area contributed by atoms with Gasteiger partial charge >= 0.3 is 0 Å². The average molecular weight is 443 g/mol. The van der Waals surface area contributed by atoms with Crippen molar-refractivity contribution in [2.24, 2.45) is 0 Å². The predicted octanol–water partition coefficient (Wildman–Crippen LogP) is 3.80. The highest BCUT2D eigenvalue weighted by Gasteiger charge is 2.29. The van der Waals surface area contributed by atoms with Crippen molar-refractivity contribution in [3.05, 3.63) is 54.1 Å². The van der Waals surface area contributed by atoms with Gasteiger partial charge in [-0.25, -0.2) is 0 Å². The Morgan fingerprint density at radius 3 is 2.19 bits per heavy atom. The highest BCUT2D eigenvalue weighted by Crippen LogP contribution is 2.19. The summed E-state index contributed by atoms with van der Waals surface area (Å²) >= 11 is 0. The molecule has 2 rings (SSSR count). The van der Waals surface area contributed by atoms with Crippen LogP contribution in [-0.4, -0.2) is 49.6 Å². The molecule has 2 amide bonds. The Hall–Kier alpha value is -3.22. The van der Waals surface area contributed by atoms with Crippen LogP contribution >= 0.6 is 0 Å². The van der Waals surface area contributed by atoms with Gasteiger partial charge in [-0.05, 0) is 61.7 Å². The fourth-order valence-corrected chi connectivity index (χ4v) is 3.23. The summed E-state index contributed by atoms with van der Waals surface area (Å²) in [6.07, 6.45) is 1.30. The predicted molar refractivity (Wildman–Crippen MR) is 124 cm³/mol. The van der Waals surface area contributed by atoms with E-state index in [1.807, 2.05) is 45.0 Å². The minimum atomic E-state index is -0.609. The molecule has 0 saturated heterocycles. The summed E-state index contributed by atoms with van der Waals surface area (Å²) < 4.78 is 16.2. The number of ether oxygens (including phenoxy) is 3. The van der Waals surface area contributed by atoms with E-state index >= 15 is 0 Å². The van der Waals surface area contributed by atoms with Crippen LogP contribution in [0.5, 0.6) is 17.2 Å². The van der Waals surface area contributed by atoms with Crippen molar-refractivity contribution in [1.82, 2.24) is 10.2 Å². The van der Waals surface area contributed by atoms with Crippen LogP contribution in [0.1, 0.15) is 39.2 Å². The Kier molecular flexibility index (Phi) is 9.85. The summed E-state index contributed by atoms with van der Waals surface area (Å²) in [4.78, 5) is 27.8. The van der Waals surface area contributed by atoms with Crippen molar-refractivity contribution in [3.63, 3.8) is 0 Å². The molecule has 0 unspecified atom stereocenters. The maximum Gasteiger partial charge on any atom is 0.261 e. The molecular formula is C25H34N2O5. The summed E-state index contributed by atoms with van der Waals surface area (Å²) in [5.74, 6) is 1.52. The van der Waals surface area contributed by atoms with Gasteiger partial charge in [0.1, 0.15) is 23.3 Å². The van der Waals surface area contributed by atoms with Gasteiger partial charge in [0.15, 0.2) is 6.61 Å². The summed E-state index contributed by atoms with van der Waals surface area (Å²) in [5.41, 5.74) is 0.872. The fourth-order valence-electron chi connectivity index (χ4n) is 3.23. The third-order valence-corrected chi connectivity index (χ3v) is 5.30. The van der Waals surface area contributed by atoms with E-state index in [0.717, 1.165) is 12.0 Å². The molecule has 0 bridgehead atoms. The van der Waals surface area contributed by atoms with E-state index in [1.165, 1.54) is 0 Å². The molecule has 32 heavy (non-hydrogen) atoms. The molecule has 0 aromatic heterocycles. The first-order valence-corrected chi connectivity index (χ1v) is 10.9. The third-order valence-electron chi connectivity index (χ3n) is 5.30. The zero-order valence-electron chi connectivity index (χ0n) is 19.6. The second kappa shape index (κ2) is 12.6. The Bertz CT molecular complexity index is 869. The largest absolute Gasteiger partial charge is 0.497 e. The van der Waals surface area contributed by atoms with Crippen molar-refractivity contribution in [3.8, 4) is 17.2 Å². The van der Waals surface area contributed by atoms with Gasteiger partial charge in [0.25, 0.3) is 5.91 Å².